The maximum atomic E-state index is 13.9. The molecule has 2 heterocycles. The van der Waals surface area contributed by atoms with Gasteiger partial charge < -0.3 is 4.90 Å². The lowest BCUT2D eigenvalue weighted by Crippen LogP contribution is -2.49. The van der Waals surface area contributed by atoms with Crippen molar-refractivity contribution in [2.45, 2.75) is 17.6 Å². The van der Waals surface area contributed by atoms with Gasteiger partial charge in [-0.15, -0.1) is 11.8 Å². The van der Waals surface area contributed by atoms with Crippen LogP contribution >= 0.6 is 11.8 Å². The van der Waals surface area contributed by atoms with Gasteiger partial charge in [0.25, 0.3) is 5.91 Å². The Kier molecular flexibility index (Phi) is 4.97. The van der Waals surface area contributed by atoms with Crippen LogP contribution in [0.3, 0.4) is 0 Å². The maximum absolute atomic E-state index is 13.9. The summed E-state index contributed by atoms with van der Waals surface area (Å²) in [7, 11) is 0. The minimum atomic E-state index is -4.50. The Morgan fingerprint density at radius 2 is 1.67 bits per heavy atom. The number of carbonyl (C=O) groups is 2. The summed E-state index contributed by atoms with van der Waals surface area (Å²) in [4.78, 5) is 28.2. The molecule has 2 amide bonds. The van der Waals surface area contributed by atoms with E-state index < -0.39 is 28.3 Å². The zero-order chi connectivity index (χ0) is 23.4. The smallest absolute Gasteiger partial charge is 0.304 e. The molecule has 1 saturated heterocycles. The number of carbonyl (C=O) groups excluding carboxylic acids is 2. The van der Waals surface area contributed by atoms with Crippen LogP contribution in [0.5, 0.6) is 0 Å². The van der Waals surface area contributed by atoms with Gasteiger partial charge in [-0.1, -0.05) is 30.3 Å². The van der Waals surface area contributed by atoms with Gasteiger partial charge in [0.05, 0.1) is 23.5 Å². The fraction of sp³-hybridized carbons (Fsp3) is 0.167. The third-order valence-electron chi connectivity index (χ3n) is 5.74. The number of hydrogen-bond donors (Lipinski definition) is 0. The van der Waals surface area contributed by atoms with E-state index in [1.807, 2.05) is 0 Å². The molecule has 1 atom stereocenters. The van der Waals surface area contributed by atoms with Gasteiger partial charge >= 0.3 is 6.18 Å². The van der Waals surface area contributed by atoms with Gasteiger partial charge in [-0.05, 0) is 48.0 Å². The SMILES string of the molecule is O=C1CSC2(C(=O)N(Cc3cccc(C(F)(F)F)c3)c3ccccc32)N1c1ccc(F)cc1. The number of fused-ring (bicyclic) bond motifs is 2. The normalized spacial score (nSPS) is 20.1. The van der Waals surface area contributed by atoms with Crippen LogP contribution in [-0.4, -0.2) is 17.6 Å². The van der Waals surface area contributed by atoms with Crippen molar-refractivity contribution < 1.29 is 27.2 Å². The van der Waals surface area contributed by atoms with Gasteiger partial charge in [-0.2, -0.15) is 13.2 Å². The van der Waals surface area contributed by atoms with Crippen molar-refractivity contribution in [3.05, 3.63) is 95.3 Å². The molecule has 0 aliphatic carbocycles. The standard InChI is InChI=1S/C24H16F4N2O2S/c25-17-8-10-18(11-9-17)30-21(31)14-33-23(30)19-6-1-2-7-20(19)29(22(23)32)13-15-4-3-5-16(12-15)24(26,27)28/h1-12H,13-14H2. The van der Waals surface area contributed by atoms with Crippen molar-refractivity contribution in [2.24, 2.45) is 0 Å². The van der Waals surface area contributed by atoms with Crippen LogP contribution in [0.25, 0.3) is 0 Å². The summed E-state index contributed by atoms with van der Waals surface area (Å²) in [6.45, 7) is -0.0898. The van der Waals surface area contributed by atoms with Crippen molar-refractivity contribution in [1.29, 1.82) is 0 Å². The molecular weight excluding hydrogens is 456 g/mol. The summed E-state index contributed by atoms with van der Waals surface area (Å²) in [5.74, 6) is -1.18. The number of thioether (sulfide) groups is 1. The van der Waals surface area contributed by atoms with E-state index in [-0.39, 0.29) is 18.2 Å². The molecular formula is C24H16F4N2O2S. The molecule has 2 aliphatic heterocycles. The molecule has 9 heteroatoms. The minimum absolute atomic E-state index is 0.0366. The first-order valence-corrected chi connectivity index (χ1v) is 11.0. The van der Waals surface area contributed by atoms with Gasteiger partial charge in [-0.3, -0.25) is 14.5 Å². The number of amides is 2. The quantitative estimate of drug-likeness (QED) is 0.485. The molecule has 168 valence electrons. The lowest BCUT2D eigenvalue weighted by molar-refractivity contribution is -0.137. The zero-order valence-corrected chi connectivity index (χ0v) is 17.8. The van der Waals surface area contributed by atoms with Crippen LogP contribution in [0, 0.1) is 5.82 Å². The van der Waals surface area contributed by atoms with E-state index in [1.54, 1.807) is 24.3 Å². The molecule has 33 heavy (non-hydrogen) atoms. The molecule has 0 saturated carbocycles. The molecule has 0 N–H and O–H groups in total. The van der Waals surface area contributed by atoms with Gasteiger partial charge in [0, 0.05) is 11.3 Å². The molecule has 2 aliphatic rings. The molecule has 1 spiro atoms. The number of para-hydroxylation sites is 1. The van der Waals surface area contributed by atoms with E-state index in [2.05, 4.69) is 0 Å². The number of hydrogen-bond acceptors (Lipinski definition) is 3. The Balaban J connectivity index is 1.60. The average molecular weight is 472 g/mol. The number of anilines is 2. The van der Waals surface area contributed by atoms with E-state index in [4.69, 9.17) is 0 Å². The summed E-state index contributed by atoms with van der Waals surface area (Å²) in [5, 5.41) is 0. The van der Waals surface area contributed by atoms with Gasteiger partial charge in [-0.25, -0.2) is 4.39 Å². The van der Waals surface area contributed by atoms with Crippen molar-refractivity contribution in [3.8, 4) is 0 Å². The number of benzene rings is 3. The van der Waals surface area contributed by atoms with E-state index in [0.29, 0.717) is 22.5 Å². The van der Waals surface area contributed by atoms with Gasteiger partial charge in [0.1, 0.15) is 5.82 Å². The third-order valence-corrected chi connectivity index (χ3v) is 7.13. The van der Waals surface area contributed by atoms with Crippen LogP contribution in [-0.2, 0) is 27.2 Å². The second kappa shape index (κ2) is 7.62. The predicted molar refractivity (Wildman–Crippen MR) is 117 cm³/mol. The predicted octanol–water partition coefficient (Wildman–Crippen LogP) is 5.32. The molecule has 1 fully saturated rings. The van der Waals surface area contributed by atoms with Gasteiger partial charge in [0.15, 0.2) is 0 Å². The number of nitrogens with zero attached hydrogens (tertiary/aromatic N) is 2. The molecule has 0 radical (unpaired) electrons. The summed E-state index contributed by atoms with van der Waals surface area (Å²) in [6.07, 6.45) is -4.50. The van der Waals surface area contributed by atoms with E-state index in [9.17, 15) is 27.2 Å². The van der Waals surface area contributed by atoms with E-state index in [1.165, 1.54) is 46.2 Å². The summed E-state index contributed by atoms with van der Waals surface area (Å²) in [5.41, 5.74) is 0.979. The van der Waals surface area contributed by atoms with Crippen LogP contribution in [0.2, 0.25) is 0 Å². The largest absolute Gasteiger partial charge is 0.416 e. The number of halogens is 4. The lowest BCUT2D eigenvalue weighted by Gasteiger charge is -2.33. The summed E-state index contributed by atoms with van der Waals surface area (Å²) >= 11 is 1.15. The Bertz CT molecular complexity index is 1260. The molecule has 3 aromatic carbocycles. The third kappa shape index (κ3) is 3.38. The Morgan fingerprint density at radius 3 is 2.39 bits per heavy atom. The summed E-state index contributed by atoms with van der Waals surface area (Å²) < 4.78 is 53.1. The Hall–Kier alpha value is -3.33. The number of rotatable bonds is 3. The van der Waals surface area contributed by atoms with Crippen LogP contribution in [0.1, 0.15) is 16.7 Å². The first-order valence-electron chi connectivity index (χ1n) is 10.0. The molecule has 0 aromatic heterocycles. The zero-order valence-electron chi connectivity index (χ0n) is 17.0. The van der Waals surface area contributed by atoms with Crippen molar-refractivity contribution >= 4 is 35.0 Å². The molecule has 3 aromatic rings. The molecule has 1 unspecified atom stereocenters. The lowest BCUT2D eigenvalue weighted by atomic mass is 10.0. The summed E-state index contributed by atoms with van der Waals surface area (Å²) in [6, 6.07) is 17.1. The topological polar surface area (TPSA) is 40.6 Å². The van der Waals surface area contributed by atoms with E-state index in [0.717, 1.165) is 23.9 Å². The molecule has 4 nitrogen and oxygen atoms in total. The fourth-order valence-corrected chi connectivity index (χ4v) is 5.69. The minimum Gasteiger partial charge on any atom is -0.304 e. The number of alkyl halides is 3. The first-order chi connectivity index (χ1) is 15.7. The van der Waals surface area contributed by atoms with Crippen LogP contribution < -0.4 is 9.80 Å². The van der Waals surface area contributed by atoms with E-state index >= 15 is 0 Å². The van der Waals surface area contributed by atoms with Crippen molar-refractivity contribution in [1.82, 2.24) is 0 Å². The maximum Gasteiger partial charge on any atom is 0.416 e. The van der Waals surface area contributed by atoms with Crippen molar-refractivity contribution in [3.63, 3.8) is 0 Å². The van der Waals surface area contributed by atoms with Gasteiger partial charge in [0.2, 0.25) is 10.8 Å². The molecule has 5 rings (SSSR count). The highest BCUT2D eigenvalue weighted by Gasteiger charge is 2.60. The second-order valence-corrected chi connectivity index (χ2v) is 8.91. The molecule has 0 bridgehead atoms. The first kappa shape index (κ1) is 21.5. The van der Waals surface area contributed by atoms with Crippen LogP contribution in [0.15, 0.2) is 72.8 Å². The highest BCUT2D eigenvalue weighted by Crippen LogP contribution is 2.55. The second-order valence-electron chi connectivity index (χ2n) is 7.74. The highest BCUT2D eigenvalue weighted by atomic mass is 32.2. The van der Waals surface area contributed by atoms with Crippen LogP contribution in [0.4, 0.5) is 28.9 Å². The fourth-order valence-electron chi connectivity index (χ4n) is 4.33. The average Bonchev–Trinajstić information content (AvgIpc) is 3.25. The monoisotopic (exact) mass is 472 g/mol. The Morgan fingerprint density at radius 1 is 0.939 bits per heavy atom. The Labute approximate surface area is 190 Å². The van der Waals surface area contributed by atoms with Crippen molar-refractivity contribution in [2.75, 3.05) is 15.6 Å². The highest BCUT2D eigenvalue weighted by molar-refractivity contribution is 8.02.